The van der Waals surface area contributed by atoms with Crippen LogP contribution in [-0.4, -0.2) is 12.4 Å². The summed E-state index contributed by atoms with van der Waals surface area (Å²) < 4.78 is 5.74. The van der Waals surface area contributed by atoms with Crippen LogP contribution < -0.4 is 4.74 Å². The van der Waals surface area contributed by atoms with Crippen molar-refractivity contribution in [3.63, 3.8) is 0 Å². The van der Waals surface area contributed by atoms with Gasteiger partial charge in [0.15, 0.2) is 0 Å². The van der Waals surface area contributed by atoms with Gasteiger partial charge in [-0.15, -0.1) is 0 Å². The van der Waals surface area contributed by atoms with E-state index in [0.29, 0.717) is 0 Å². The summed E-state index contributed by atoms with van der Waals surface area (Å²) in [6.45, 7) is 0.798. The SMILES string of the molecule is SCCCCCOc1ccc2ccccc2c1. The molecule has 17 heavy (non-hydrogen) atoms. The Morgan fingerprint density at radius 3 is 2.53 bits per heavy atom. The van der Waals surface area contributed by atoms with Crippen molar-refractivity contribution in [2.24, 2.45) is 0 Å². The van der Waals surface area contributed by atoms with Gasteiger partial charge in [-0.3, -0.25) is 0 Å². The van der Waals surface area contributed by atoms with Crippen LogP contribution in [0, 0.1) is 0 Å². The first kappa shape index (κ1) is 12.3. The van der Waals surface area contributed by atoms with Crippen molar-refractivity contribution < 1.29 is 4.74 Å². The summed E-state index contributed by atoms with van der Waals surface area (Å²) >= 11 is 4.19. The fourth-order valence-electron chi connectivity index (χ4n) is 1.84. The lowest BCUT2D eigenvalue weighted by Gasteiger charge is -2.07. The monoisotopic (exact) mass is 246 g/mol. The third-order valence-corrected chi connectivity index (χ3v) is 3.11. The number of rotatable bonds is 6. The van der Waals surface area contributed by atoms with E-state index in [0.717, 1.165) is 24.5 Å². The molecule has 0 aliphatic carbocycles. The quantitative estimate of drug-likeness (QED) is 0.590. The van der Waals surface area contributed by atoms with E-state index in [1.54, 1.807) is 0 Å². The molecule has 2 heteroatoms. The van der Waals surface area contributed by atoms with Crippen LogP contribution in [0.4, 0.5) is 0 Å². The van der Waals surface area contributed by atoms with Crippen LogP contribution >= 0.6 is 12.6 Å². The zero-order chi connectivity index (χ0) is 11.9. The van der Waals surface area contributed by atoms with E-state index in [2.05, 4.69) is 49.0 Å². The van der Waals surface area contributed by atoms with Gasteiger partial charge in [0.2, 0.25) is 0 Å². The zero-order valence-corrected chi connectivity index (χ0v) is 10.8. The van der Waals surface area contributed by atoms with E-state index in [-0.39, 0.29) is 0 Å². The number of ether oxygens (including phenoxy) is 1. The summed E-state index contributed by atoms with van der Waals surface area (Å²) in [5.41, 5.74) is 0. The lowest BCUT2D eigenvalue weighted by Crippen LogP contribution is -1.97. The zero-order valence-electron chi connectivity index (χ0n) is 9.93. The highest BCUT2D eigenvalue weighted by atomic mass is 32.1. The second-order valence-corrected chi connectivity index (χ2v) is 4.59. The minimum absolute atomic E-state index is 0.798. The van der Waals surface area contributed by atoms with Crippen LogP contribution in [0.5, 0.6) is 5.75 Å². The Balaban J connectivity index is 1.90. The first-order valence-electron chi connectivity index (χ1n) is 6.12. The Morgan fingerprint density at radius 2 is 1.71 bits per heavy atom. The van der Waals surface area contributed by atoms with Gasteiger partial charge in [0.05, 0.1) is 6.61 Å². The molecule has 0 unspecified atom stereocenters. The summed E-state index contributed by atoms with van der Waals surface area (Å²) in [4.78, 5) is 0. The van der Waals surface area contributed by atoms with E-state index in [4.69, 9.17) is 4.74 Å². The highest BCUT2D eigenvalue weighted by molar-refractivity contribution is 7.80. The van der Waals surface area contributed by atoms with Crippen LogP contribution in [0.3, 0.4) is 0 Å². The Morgan fingerprint density at radius 1 is 0.882 bits per heavy atom. The second-order valence-electron chi connectivity index (χ2n) is 4.14. The lowest BCUT2D eigenvalue weighted by molar-refractivity contribution is 0.307. The van der Waals surface area contributed by atoms with Gasteiger partial charge in [-0.2, -0.15) is 12.6 Å². The van der Waals surface area contributed by atoms with Crippen LogP contribution in [0.25, 0.3) is 10.8 Å². The predicted molar refractivity (Wildman–Crippen MR) is 77.1 cm³/mol. The van der Waals surface area contributed by atoms with Crippen molar-refractivity contribution in [1.29, 1.82) is 0 Å². The molecule has 0 atom stereocenters. The van der Waals surface area contributed by atoms with E-state index >= 15 is 0 Å². The standard InChI is InChI=1S/C15H18OS/c17-11-5-1-4-10-16-15-9-8-13-6-2-3-7-14(13)12-15/h2-3,6-9,12,17H,1,4-5,10-11H2. The Labute approximate surface area is 108 Å². The van der Waals surface area contributed by atoms with Crippen LogP contribution in [0.2, 0.25) is 0 Å². The molecular weight excluding hydrogens is 228 g/mol. The first-order valence-corrected chi connectivity index (χ1v) is 6.76. The average molecular weight is 246 g/mol. The molecule has 0 bridgehead atoms. The van der Waals surface area contributed by atoms with Crippen LogP contribution in [0.1, 0.15) is 19.3 Å². The molecule has 0 aliphatic heterocycles. The number of fused-ring (bicyclic) bond motifs is 1. The number of benzene rings is 2. The minimum atomic E-state index is 0.798. The minimum Gasteiger partial charge on any atom is -0.494 e. The average Bonchev–Trinajstić information content (AvgIpc) is 2.38. The van der Waals surface area contributed by atoms with E-state index < -0.39 is 0 Å². The molecule has 90 valence electrons. The van der Waals surface area contributed by atoms with E-state index in [1.165, 1.54) is 23.6 Å². The summed E-state index contributed by atoms with van der Waals surface area (Å²) in [5, 5.41) is 2.50. The molecule has 0 aliphatic rings. The molecule has 0 spiro atoms. The molecule has 0 aromatic heterocycles. The molecule has 0 fully saturated rings. The predicted octanol–water partition coefficient (Wildman–Crippen LogP) is 4.32. The van der Waals surface area contributed by atoms with Crippen LogP contribution in [-0.2, 0) is 0 Å². The third kappa shape index (κ3) is 3.67. The largest absolute Gasteiger partial charge is 0.494 e. The van der Waals surface area contributed by atoms with Crippen molar-refractivity contribution in [2.75, 3.05) is 12.4 Å². The molecule has 2 aromatic rings. The van der Waals surface area contributed by atoms with Gasteiger partial charge in [0, 0.05) is 0 Å². The van der Waals surface area contributed by atoms with E-state index in [9.17, 15) is 0 Å². The molecule has 1 nitrogen and oxygen atoms in total. The van der Waals surface area contributed by atoms with Gasteiger partial charge >= 0.3 is 0 Å². The topological polar surface area (TPSA) is 9.23 Å². The van der Waals surface area contributed by atoms with Gasteiger partial charge < -0.3 is 4.74 Å². The molecule has 0 N–H and O–H groups in total. The highest BCUT2D eigenvalue weighted by Gasteiger charge is 1.96. The van der Waals surface area contributed by atoms with Crippen molar-refractivity contribution in [2.45, 2.75) is 19.3 Å². The third-order valence-electron chi connectivity index (χ3n) is 2.79. The number of thiol groups is 1. The van der Waals surface area contributed by atoms with Crippen molar-refractivity contribution >= 4 is 23.4 Å². The van der Waals surface area contributed by atoms with E-state index in [1.807, 2.05) is 6.07 Å². The molecule has 2 rings (SSSR count). The molecule has 0 heterocycles. The molecule has 0 saturated carbocycles. The Bertz CT molecular complexity index is 467. The molecular formula is C15H18OS. The van der Waals surface area contributed by atoms with Crippen molar-refractivity contribution in [1.82, 2.24) is 0 Å². The maximum atomic E-state index is 5.74. The summed E-state index contributed by atoms with van der Waals surface area (Å²) in [7, 11) is 0. The summed E-state index contributed by atoms with van der Waals surface area (Å²) in [5.74, 6) is 1.94. The smallest absolute Gasteiger partial charge is 0.119 e. The highest BCUT2D eigenvalue weighted by Crippen LogP contribution is 2.20. The summed E-state index contributed by atoms with van der Waals surface area (Å²) in [6.07, 6.45) is 3.47. The van der Waals surface area contributed by atoms with Gasteiger partial charge in [-0.1, -0.05) is 30.3 Å². The molecule has 0 amide bonds. The van der Waals surface area contributed by atoms with Gasteiger partial charge in [0.25, 0.3) is 0 Å². The molecule has 0 saturated heterocycles. The van der Waals surface area contributed by atoms with Gasteiger partial charge in [-0.05, 0) is 47.9 Å². The first-order chi connectivity index (χ1) is 8.40. The fourth-order valence-corrected chi connectivity index (χ4v) is 2.06. The Hall–Kier alpha value is -1.15. The Kier molecular flexibility index (Phi) is 4.75. The fraction of sp³-hybridized carbons (Fsp3) is 0.333. The maximum Gasteiger partial charge on any atom is 0.119 e. The normalized spacial score (nSPS) is 10.6. The van der Waals surface area contributed by atoms with Crippen molar-refractivity contribution in [3.8, 4) is 5.75 Å². The lowest BCUT2D eigenvalue weighted by atomic mass is 10.1. The van der Waals surface area contributed by atoms with Crippen molar-refractivity contribution in [3.05, 3.63) is 42.5 Å². The number of hydrogen-bond donors (Lipinski definition) is 1. The molecule has 0 radical (unpaired) electrons. The van der Waals surface area contributed by atoms with Gasteiger partial charge in [0.1, 0.15) is 5.75 Å². The molecule has 2 aromatic carbocycles. The van der Waals surface area contributed by atoms with Gasteiger partial charge in [-0.25, -0.2) is 0 Å². The number of hydrogen-bond acceptors (Lipinski definition) is 2. The maximum absolute atomic E-state index is 5.74. The number of unbranched alkanes of at least 4 members (excludes halogenated alkanes) is 2. The van der Waals surface area contributed by atoms with Crippen LogP contribution in [0.15, 0.2) is 42.5 Å². The second kappa shape index (κ2) is 6.55. The summed E-state index contributed by atoms with van der Waals surface area (Å²) in [6, 6.07) is 14.6.